The lowest BCUT2D eigenvalue weighted by Crippen LogP contribution is -2.08. The molecule has 0 unspecified atom stereocenters. The molecular weight excluding hydrogens is 377 g/mol. The lowest BCUT2D eigenvalue weighted by atomic mass is 10.0. The third-order valence-corrected chi connectivity index (χ3v) is 4.95. The molecule has 0 saturated heterocycles. The zero-order valence-corrected chi connectivity index (χ0v) is 14.1. The second-order valence-corrected chi connectivity index (χ2v) is 5.99. The highest BCUT2D eigenvalue weighted by molar-refractivity contribution is 14.1. The van der Waals surface area contributed by atoms with Crippen LogP contribution in [0.3, 0.4) is 0 Å². The zero-order chi connectivity index (χ0) is 15.0. The first-order chi connectivity index (χ1) is 10.1. The summed E-state index contributed by atoms with van der Waals surface area (Å²) in [6.07, 6.45) is 0. The monoisotopic (exact) mass is 393 g/mol. The maximum Gasteiger partial charge on any atom is 0.135 e. The number of nitrogens with zero attached hydrogens (tertiary/aromatic N) is 2. The number of anilines is 1. The second kappa shape index (κ2) is 5.55. The SMILES string of the molecule is COc1ccc2ccccc2c1Cn1nc(C)c(I)c1N. The smallest absolute Gasteiger partial charge is 0.135 e. The Bertz CT molecular complexity index is 811. The molecule has 0 radical (unpaired) electrons. The topological polar surface area (TPSA) is 53.1 Å². The Morgan fingerprint density at radius 1 is 1.24 bits per heavy atom. The van der Waals surface area contributed by atoms with Gasteiger partial charge in [0, 0.05) is 5.56 Å². The van der Waals surface area contributed by atoms with Gasteiger partial charge in [0.25, 0.3) is 0 Å². The number of aromatic nitrogens is 2. The average Bonchev–Trinajstić information content (AvgIpc) is 2.75. The summed E-state index contributed by atoms with van der Waals surface area (Å²) in [5, 5.41) is 6.87. The second-order valence-electron chi connectivity index (χ2n) is 4.91. The minimum atomic E-state index is 0.597. The molecule has 0 fully saturated rings. The highest BCUT2D eigenvalue weighted by Crippen LogP contribution is 2.30. The number of aryl methyl sites for hydroxylation is 1. The quantitative estimate of drug-likeness (QED) is 0.692. The van der Waals surface area contributed by atoms with Crippen LogP contribution in [0.15, 0.2) is 36.4 Å². The number of ether oxygens (including phenoxy) is 1. The van der Waals surface area contributed by atoms with Crippen LogP contribution in [0, 0.1) is 10.5 Å². The van der Waals surface area contributed by atoms with E-state index in [4.69, 9.17) is 10.5 Å². The van der Waals surface area contributed by atoms with Gasteiger partial charge in [-0.25, -0.2) is 4.68 Å². The molecule has 1 heterocycles. The summed E-state index contributed by atoms with van der Waals surface area (Å²) in [7, 11) is 1.69. The van der Waals surface area contributed by atoms with Crippen molar-refractivity contribution in [3.63, 3.8) is 0 Å². The number of fused-ring (bicyclic) bond motifs is 1. The van der Waals surface area contributed by atoms with E-state index in [-0.39, 0.29) is 0 Å². The number of benzene rings is 2. The van der Waals surface area contributed by atoms with Gasteiger partial charge in [0.05, 0.1) is 22.9 Å². The highest BCUT2D eigenvalue weighted by atomic mass is 127. The molecule has 0 atom stereocenters. The summed E-state index contributed by atoms with van der Waals surface area (Å²) in [6.45, 7) is 2.56. The molecule has 0 bridgehead atoms. The Kier molecular flexibility index (Phi) is 3.75. The van der Waals surface area contributed by atoms with Gasteiger partial charge in [0.15, 0.2) is 0 Å². The van der Waals surface area contributed by atoms with Gasteiger partial charge in [0.2, 0.25) is 0 Å². The number of nitrogen functional groups attached to an aromatic ring is 1. The highest BCUT2D eigenvalue weighted by Gasteiger charge is 2.14. The Morgan fingerprint density at radius 2 is 2.00 bits per heavy atom. The average molecular weight is 393 g/mol. The molecule has 3 rings (SSSR count). The fourth-order valence-corrected chi connectivity index (χ4v) is 2.90. The molecule has 21 heavy (non-hydrogen) atoms. The molecule has 0 aliphatic carbocycles. The molecule has 4 nitrogen and oxygen atoms in total. The van der Waals surface area contributed by atoms with Gasteiger partial charge < -0.3 is 10.5 Å². The minimum absolute atomic E-state index is 0.597. The van der Waals surface area contributed by atoms with Crippen LogP contribution >= 0.6 is 22.6 Å². The first-order valence-electron chi connectivity index (χ1n) is 6.65. The molecule has 2 N–H and O–H groups in total. The summed E-state index contributed by atoms with van der Waals surface area (Å²) < 4.78 is 8.36. The molecule has 0 aliphatic rings. The number of hydrogen-bond acceptors (Lipinski definition) is 3. The molecule has 5 heteroatoms. The lowest BCUT2D eigenvalue weighted by Gasteiger charge is -2.13. The van der Waals surface area contributed by atoms with Crippen LogP contribution in [0.2, 0.25) is 0 Å². The van der Waals surface area contributed by atoms with Crippen molar-refractivity contribution < 1.29 is 4.74 Å². The summed E-state index contributed by atoms with van der Waals surface area (Å²) in [6, 6.07) is 12.3. The normalized spacial score (nSPS) is 11.0. The molecular formula is C16H16IN3O. The van der Waals surface area contributed by atoms with Gasteiger partial charge in [-0.2, -0.15) is 5.10 Å². The third-order valence-electron chi connectivity index (χ3n) is 3.62. The predicted molar refractivity (Wildman–Crippen MR) is 93.7 cm³/mol. The standard InChI is InChI=1S/C16H16IN3O/c1-10-15(17)16(18)20(19-10)9-13-12-6-4-3-5-11(12)7-8-14(13)21-2/h3-8H,9,18H2,1-2H3. The number of methoxy groups -OCH3 is 1. The molecule has 2 aromatic carbocycles. The Morgan fingerprint density at radius 3 is 2.67 bits per heavy atom. The Balaban J connectivity index is 2.16. The fraction of sp³-hybridized carbons (Fsp3) is 0.188. The zero-order valence-electron chi connectivity index (χ0n) is 11.9. The van der Waals surface area contributed by atoms with Crippen LogP contribution in [-0.2, 0) is 6.54 Å². The minimum Gasteiger partial charge on any atom is -0.496 e. The van der Waals surface area contributed by atoms with Crippen molar-refractivity contribution >= 4 is 39.2 Å². The van der Waals surface area contributed by atoms with Gasteiger partial charge in [0.1, 0.15) is 11.6 Å². The Labute approximate surface area is 137 Å². The molecule has 1 aromatic heterocycles. The maximum atomic E-state index is 6.14. The first kappa shape index (κ1) is 14.2. The molecule has 108 valence electrons. The number of nitrogens with two attached hydrogens (primary N) is 1. The van der Waals surface area contributed by atoms with E-state index in [1.54, 1.807) is 7.11 Å². The third kappa shape index (κ3) is 2.46. The number of halogens is 1. The molecule has 0 spiro atoms. The first-order valence-corrected chi connectivity index (χ1v) is 7.72. The van der Waals surface area contributed by atoms with E-state index in [0.29, 0.717) is 12.4 Å². The van der Waals surface area contributed by atoms with Gasteiger partial charge in [-0.3, -0.25) is 0 Å². The van der Waals surface area contributed by atoms with Crippen molar-refractivity contribution in [1.82, 2.24) is 9.78 Å². The lowest BCUT2D eigenvalue weighted by molar-refractivity contribution is 0.408. The van der Waals surface area contributed by atoms with E-state index in [0.717, 1.165) is 20.6 Å². The van der Waals surface area contributed by atoms with E-state index >= 15 is 0 Å². The van der Waals surface area contributed by atoms with Crippen molar-refractivity contribution in [2.24, 2.45) is 0 Å². The summed E-state index contributed by atoms with van der Waals surface area (Å²) >= 11 is 2.23. The molecule has 3 aromatic rings. The summed E-state index contributed by atoms with van der Waals surface area (Å²) in [5.74, 6) is 1.55. The Hall–Kier alpha value is -1.76. The van der Waals surface area contributed by atoms with Crippen molar-refractivity contribution in [3.05, 3.63) is 51.2 Å². The van der Waals surface area contributed by atoms with Gasteiger partial charge in [-0.15, -0.1) is 0 Å². The maximum absolute atomic E-state index is 6.14. The van der Waals surface area contributed by atoms with Gasteiger partial charge in [-0.05, 0) is 46.4 Å². The van der Waals surface area contributed by atoms with Gasteiger partial charge >= 0.3 is 0 Å². The van der Waals surface area contributed by atoms with Crippen molar-refractivity contribution in [1.29, 1.82) is 0 Å². The van der Waals surface area contributed by atoms with Crippen LogP contribution in [0.1, 0.15) is 11.3 Å². The van der Waals surface area contributed by atoms with Crippen LogP contribution < -0.4 is 10.5 Å². The van der Waals surface area contributed by atoms with E-state index < -0.39 is 0 Å². The molecule has 0 amide bonds. The van der Waals surface area contributed by atoms with Crippen molar-refractivity contribution in [3.8, 4) is 5.75 Å². The summed E-state index contributed by atoms with van der Waals surface area (Å²) in [5.41, 5.74) is 8.19. The van der Waals surface area contributed by atoms with Crippen LogP contribution in [-0.4, -0.2) is 16.9 Å². The van der Waals surface area contributed by atoms with Crippen LogP contribution in [0.4, 0.5) is 5.82 Å². The number of hydrogen-bond donors (Lipinski definition) is 1. The predicted octanol–water partition coefficient (Wildman–Crippen LogP) is 3.59. The fourth-order valence-electron chi connectivity index (χ4n) is 2.52. The van der Waals surface area contributed by atoms with Crippen molar-refractivity contribution in [2.75, 3.05) is 12.8 Å². The van der Waals surface area contributed by atoms with Crippen molar-refractivity contribution in [2.45, 2.75) is 13.5 Å². The van der Waals surface area contributed by atoms with E-state index in [9.17, 15) is 0 Å². The summed E-state index contributed by atoms with van der Waals surface area (Å²) in [4.78, 5) is 0. The molecule has 0 saturated carbocycles. The molecule has 0 aliphatic heterocycles. The van der Waals surface area contributed by atoms with E-state index in [1.807, 2.05) is 29.8 Å². The van der Waals surface area contributed by atoms with Crippen LogP contribution in [0.5, 0.6) is 5.75 Å². The van der Waals surface area contributed by atoms with Gasteiger partial charge in [-0.1, -0.05) is 30.3 Å². The van der Waals surface area contributed by atoms with E-state index in [1.165, 1.54) is 10.8 Å². The number of rotatable bonds is 3. The van der Waals surface area contributed by atoms with Crippen LogP contribution in [0.25, 0.3) is 10.8 Å². The van der Waals surface area contributed by atoms with E-state index in [2.05, 4.69) is 45.9 Å². The largest absolute Gasteiger partial charge is 0.496 e.